The lowest BCUT2D eigenvalue weighted by atomic mass is 10.1. The Morgan fingerprint density at radius 3 is 2.23 bits per heavy atom. The molecule has 0 aliphatic carbocycles. The topological polar surface area (TPSA) is 64.1 Å². The molecule has 0 amide bonds. The molecule has 2 aromatic carbocycles. The Kier molecular flexibility index (Phi) is 9.18. The van der Waals surface area contributed by atoms with Gasteiger partial charge in [-0.1, -0.05) is 23.8 Å². The highest BCUT2D eigenvalue weighted by atomic mass is 19.3. The number of alkyl halides is 2. The van der Waals surface area contributed by atoms with Crippen molar-refractivity contribution >= 4 is 5.96 Å². The lowest BCUT2D eigenvalue weighted by Gasteiger charge is -2.14. The van der Waals surface area contributed by atoms with Gasteiger partial charge in [0.05, 0.1) is 14.2 Å². The van der Waals surface area contributed by atoms with Crippen LogP contribution in [0.2, 0.25) is 0 Å². The highest BCUT2D eigenvalue weighted by Gasteiger charge is 2.11. The molecule has 0 bridgehead atoms. The summed E-state index contributed by atoms with van der Waals surface area (Å²) in [6.07, 6.45) is 1.40. The molecule has 0 aliphatic heterocycles. The van der Waals surface area contributed by atoms with Crippen LogP contribution in [-0.4, -0.2) is 46.9 Å². The minimum atomic E-state index is -2.90. The highest BCUT2D eigenvalue weighted by Crippen LogP contribution is 2.29. The van der Waals surface area contributed by atoms with Crippen molar-refractivity contribution in [2.75, 3.05) is 34.4 Å². The largest absolute Gasteiger partial charge is 0.496 e. The number of hydrogen-bond acceptors (Lipinski definition) is 4. The fourth-order valence-electron chi connectivity index (χ4n) is 3.03. The van der Waals surface area contributed by atoms with Gasteiger partial charge >= 0.3 is 6.61 Å². The van der Waals surface area contributed by atoms with E-state index in [1.807, 2.05) is 25.1 Å². The van der Waals surface area contributed by atoms with Gasteiger partial charge in [0.2, 0.25) is 0 Å². The van der Waals surface area contributed by atoms with Crippen molar-refractivity contribution in [3.63, 3.8) is 0 Å². The van der Waals surface area contributed by atoms with Gasteiger partial charge in [0.1, 0.15) is 5.75 Å². The molecule has 2 rings (SSSR count). The Labute approximate surface area is 176 Å². The lowest BCUT2D eigenvalue weighted by molar-refractivity contribution is -0.0512. The molecule has 2 N–H and O–H groups in total. The van der Waals surface area contributed by atoms with E-state index in [0.717, 1.165) is 23.3 Å². The first-order valence-electron chi connectivity index (χ1n) is 9.66. The van der Waals surface area contributed by atoms with Crippen LogP contribution in [0.5, 0.6) is 17.2 Å². The molecule has 0 atom stereocenters. The van der Waals surface area contributed by atoms with Gasteiger partial charge in [0, 0.05) is 20.1 Å². The molecular formula is C22H29F2N3O3. The van der Waals surface area contributed by atoms with Crippen molar-refractivity contribution in [3.05, 3.63) is 53.1 Å². The third kappa shape index (κ3) is 7.09. The van der Waals surface area contributed by atoms with Crippen molar-refractivity contribution in [2.24, 2.45) is 4.99 Å². The Balaban J connectivity index is 1.84. The zero-order valence-corrected chi connectivity index (χ0v) is 17.8. The Morgan fingerprint density at radius 2 is 1.60 bits per heavy atom. The maximum absolute atomic E-state index is 12.6. The number of aliphatic imine (C=N–C) groups is 1. The number of aryl methyl sites for hydroxylation is 1. The summed E-state index contributed by atoms with van der Waals surface area (Å²) >= 11 is 0. The number of methoxy groups -OCH3 is 2. The average molecular weight is 421 g/mol. The van der Waals surface area contributed by atoms with Crippen molar-refractivity contribution < 1.29 is 23.0 Å². The van der Waals surface area contributed by atoms with Crippen LogP contribution in [0.15, 0.2) is 41.4 Å². The molecule has 0 unspecified atom stereocenters. The Morgan fingerprint density at radius 1 is 0.933 bits per heavy atom. The van der Waals surface area contributed by atoms with Crippen LogP contribution in [0.25, 0.3) is 0 Å². The Bertz CT molecular complexity index is 844. The fraction of sp³-hybridized carbons (Fsp3) is 0.409. The van der Waals surface area contributed by atoms with Gasteiger partial charge in [0.15, 0.2) is 17.5 Å². The number of nitrogens with one attached hydrogen (secondary N) is 2. The predicted octanol–water partition coefficient (Wildman–Crippen LogP) is 3.56. The standard InChI is InChI=1S/C22H29F2N3O3/c1-15-5-7-18(28-3)17(13-15)10-12-27-22(25-2)26-11-9-16-6-8-19(29-4)20(14-16)30-21(23)24/h5-8,13-14,21H,9-12H2,1-4H3,(H2,25,26,27). The number of ether oxygens (including phenoxy) is 3. The van der Waals surface area contributed by atoms with Gasteiger partial charge in [-0.3, -0.25) is 4.99 Å². The summed E-state index contributed by atoms with van der Waals surface area (Å²) in [7, 11) is 4.78. The molecule has 8 heteroatoms. The van der Waals surface area contributed by atoms with Gasteiger partial charge in [-0.25, -0.2) is 0 Å². The van der Waals surface area contributed by atoms with E-state index >= 15 is 0 Å². The summed E-state index contributed by atoms with van der Waals surface area (Å²) in [4.78, 5) is 4.21. The van der Waals surface area contributed by atoms with E-state index < -0.39 is 6.61 Å². The second-order valence-electron chi connectivity index (χ2n) is 6.60. The normalized spacial score (nSPS) is 11.4. The van der Waals surface area contributed by atoms with E-state index in [1.165, 1.54) is 12.7 Å². The fourth-order valence-corrected chi connectivity index (χ4v) is 3.03. The number of nitrogens with zero attached hydrogens (tertiary/aromatic N) is 1. The maximum Gasteiger partial charge on any atom is 0.387 e. The number of benzene rings is 2. The van der Waals surface area contributed by atoms with Gasteiger partial charge in [-0.2, -0.15) is 8.78 Å². The summed E-state index contributed by atoms with van der Waals surface area (Å²) in [5, 5.41) is 6.49. The molecule has 0 saturated carbocycles. The second kappa shape index (κ2) is 11.8. The number of rotatable bonds is 10. The molecule has 0 heterocycles. The maximum atomic E-state index is 12.6. The van der Waals surface area contributed by atoms with Crippen LogP contribution in [0.4, 0.5) is 8.78 Å². The summed E-state index contributed by atoms with van der Waals surface area (Å²) in [6.45, 7) is 0.415. The van der Waals surface area contributed by atoms with E-state index in [1.54, 1.807) is 26.3 Å². The molecule has 164 valence electrons. The number of halogens is 2. The van der Waals surface area contributed by atoms with E-state index in [2.05, 4.69) is 26.4 Å². The van der Waals surface area contributed by atoms with E-state index in [-0.39, 0.29) is 11.5 Å². The monoisotopic (exact) mass is 421 g/mol. The molecule has 0 aliphatic rings. The minimum absolute atomic E-state index is 0.0274. The second-order valence-corrected chi connectivity index (χ2v) is 6.60. The third-order valence-electron chi connectivity index (χ3n) is 4.50. The molecule has 0 saturated heterocycles. The average Bonchev–Trinajstić information content (AvgIpc) is 2.72. The summed E-state index contributed by atoms with van der Waals surface area (Å²) in [5.74, 6) is 1.83. The zero-order chi connectivity index (χ0) is 21.9. The summed E-state index contributed by atoms with van der Waals surface area (Å²) in [5.41, 5.74) is 3.16. The summed E-state index contributed by atoms with van der Waals surface area (Å²) < 4.78 is 40.1. The van der Waals surface area contributed by atoms with E-state index in [9.17, 15) is 8.78 Å². The molecule has 0 aromatic heterocycles. The van der Waals surface area contributed by atoms with Crippen LogP contribution in [0, 0.1) is 6.92 Å². The van der Waals surface area contributed by atoms with Crippen LogP contribution < -0.4 is 24.8 Å². The van der Waals surface area contributed by atoms with Crippen LogP contribution >= 0.6 is 0 Å². The molecule has 30 heavy (non-hydrogen) atoms. The van der Waals surface area contributed by atoms with E-state index in [4.69, 9.17) is 9.47 Å². The van der Waals surface area contributed by atoms with Gasteiger partial charge in [-0.15, -0.1) is 0 Å². The number of hydrogen-bond donors (Lipinski definition) is 2. The SMILES string of the molecule is CN=C(NCCc1ccc(OC)c(OC(F)F)c1)NCCc1cc(C)ccc1OC. The van der Waals surface area contributed by atoms with Crippen LogP contribution in [0.1, 0.15) is 16.7 Å². The molecule has 0 fully saturated rings. The van der Waals surface area contributed by atoms with Crippen molar-refractivity contribution in [3.8, 4) is 17.2 Å². The molecule has 0 radical (unpaired) electrons. The zero-order valence-electron chi connectivity index (χ0n) is 17.8. The molecule has 0 spiro atoms. The Hall–Kier alpha value is -3.03. The third-order valence-corrected chi connectivity index (χ3v) is 4.50. The van der Waals surface area contributed by atoms with Crippen LogP contribution in [-0.2, 0) is 12.8 Å². The van der Waals surface area contributed by atoms with E-state index in [0.29, 0.717) is 25.5 Å². The van der Waals surface area contributed by atoms with Crippen molar-refractivity contribution in [1.29, 1.82) is 0 Å². The first kappa shape index (κ1) is 23.3. The minimum Gasteiger partial charge on any atom is -0.496 e. The highest BCUT2D eigenvalue weighted by molar-refractivity contribution is 5.79. The molecular weight excluding hydrogens is 392 g/mol. The molecule has 6 nitrogen and oxygen atoms in total. The van der Waals surface area contributed by atoms with Gasteiger partial charge in [0.25, 0.3) is 0 Å². The van der Waals surface area contributed by atoms with Gasteiger partial charge < -0.3 is 24.8 Å². The molecule has 2 aromatic rings. The summed E-state index contributed by atoms with van der Waals surface area (Å²) in [6, 6.07) is 11.1. The van der Waals surface area contributed by atoms with Crippen molar-refractivity contribution in [2.45, 2.75) is 26.4 Å². The number of guanidine groups is 1. The predicted molar refractivity (Wildman–Crippen MR) is 114 cm³/mol. The lowest BCUT2D eigenvalue weighted by Crippen LogP contribution is -2.39. The smallest absolute Gasteiger partial charge is 0.387 e. The van der Waals surface area contributed by atoms with Crippen molar-refractivity contribution in [1.82, 2.24) is 10.6 Å². The quantitative estimate of drug-likeness (QED) is 0.454. The first-order valence-corrected chi connectivity index (χ1v) is 9.66. The first-order chi connectivity index (χ1) is 14.5. The van der Waals surface area contributed by atoms with Crippen LogP contribution in [0.3, 0.4) is 0 Å². The van der Waals surface area contributed by atoms with Gasteiger partial charge in [-0.05, 0) is 49.1 Å².